The summed E-state index contributed by atoms with van der Waals surface area (Å²) in [5.41, 5.74) is 4.00. The van der Waals surface area contributed by atoms with E-state index in [0.717, 1.165) is 43.6 Å². The van der Waals surface area contributed by atoms with E-state index >= 15 is 0 Å². The molecule has 0 aliphatic carbocycles. The van der Waals surface area contributed by atoms with Crippen LogP contribution < -0.4 is 4.74 Å². The molecule has 0 saturated carbocycles. The SMILES string of the molecule is CC[C@@H]1CN2CCc3c([nH]c4cccc(OC)c34)[C@@H]2C[C@@H]1/C(=C\OC)C(=O)O. The molecular weight excluding hydrogens is 356 g/mol. The summed E-state index contributed by atoms with van der Waals surface area (Å²) in [5.74, 6) is 0.304. The van der Waals surface area contributed by atoms with Gasteiger partial charge in [-0.1, -0.05) is 19.4 Å². The van der Waals surface area contributed by atoms with Crippen LogP contribution in [0.15, 0.2) is 30.0 Å². The molecule has 1 fully saturated rings. The first-order valence-corrected chi connectivity index (χ1v) is 9.96. The molecule has 1 aromatic carbocycles. The maximum atomic E-state index is 11.9. The summed E-state index contributed by atoms with van der Waals surface area (Å²) in [6.45, 7) is 4.04. The third-order valence-corrected chi connectivity index (χ3v) is 6.50. The monoisotopic (exact) mass is 384 g/mol. The van der Waals surface area contributed by atoms with Crippen LogP contribution in [0, 0.1) is 11.8 Å². The van der Waals surface area contributed by atoms with Crippen molar-refractivity contribution in [2.75, 3.05) is 27.3 Å². The molecule has 3 heterocycles. The molecule has 2 aromatic rings. The number of aromatic amines is 1. The number of nitrogens with one attached hydrogen (secondary N) is 1. The molecule has 2 aliphatic heterocycles. The first-order chi connectivity index (χ1) is 13.6. The van der Waals surface area contributed by atoms with Crippen molar-refractivity contribution in [3.8, 4) is 5.75 Å². The molecule has 0 unspecified atom stereocenters. The van der Waals surface area contributed by atoms with Crippen LogP contribution in [0.25, 0.3) is 10.9 Å². The fourth-order valence-corrected chi connectivity index (χ4v) is 5.17. The third kappa shape index (κ3) is 2.96. The lowest BCUT2D eigenvalue weighted by Crippen LogP contribution is -2.46. The number of benzene rings is 1. The Bertz CT molecular complexity index is 917. The predicted molar refractivity (Wildman–Crippen MR) is 107 cm³/mol. The highest BCUT2D eigenvalue weighted by Gasteiger charge is 2.42. The number of nitrogens with zero attached hydrogens (tertiary/aromatic N) is 1. The minimum Gasteiger partial charge on any atom is -0.504 e. The molecule has 2 aliphatic rings. The quantitative estimate of drug-likeness (QED) is 0.607. The first kappa shape index (κ1) is 18.9. The lowest BCUT2D eigenvalue weighted by atomic mass is 9.74. The van der Waals surface area contributed by atoms with Crippen molar-refractivity contribution in [1.82, 2.24) is 9.88 Å². The largest absolute Gasteiger partial charge is 0.504 e. The number of carbonyl (C=O) groups is 1. The number of fused-ring (bicyclic) bond motifs is 5. The van der Waals surface area contributed by atoms with E-state index in [1.807, 2.05) is 12.1 Å². The highest BCUT2D eigenvalue weighted by atomic mass is 16.5. The molecule has 0 bridgehead atoms. The average molecular weight is 384 g/mol. The van der Waals surface area contributed by atoms with Gasteiger partial charge in [-0.25, -0.2) is 4.79 Å². The molecule has 0 radical (unpaired) electrons. The van der Waals surface area contributed by atoms with E-state index in [0.29, 0.717) is 11.5 Å². The Hall–Kier alpha value is -2.47. The predicted octanol–water partition coefficient (Wildman–Crippen LogP) is 3.74. The smallest absolute Gasteiger partial charge is 0.334 e. The Balaban J connectivity index is 1.77. The Morgan fingerprint density at radius 2 is 2.21 bits per heavy atom. The lowest BCUT2D eigenvalue weighted by molar-refractivity contribution is -0.134. The van der Waals surface area contributed by atoms with Crippen LogP contribution in [-0.4, -0.2) is 48.3 Å². The molecule has 1 saturated heterocycles. The second-order valence-electron chi connectivity index (χ2n) is 7.79. The first-order valence-electron chi connectivity index (χ1n) is 9.96. The van der Waals surface area contributed by atoms with Gasteiger partial charge in [0.1, 0.15) is 5.75 Å². The number of hydrogen-bond donors (Lipinski definition) is 2. The maximum absolute atomic E-state index is 11.9. The molecule has 0 spiro atoms. The fourth-order valence-electron chi connectivity index (χ4n) is 5.17. The molecule has 1 aromatic heterocycles. The minimum atomic E-state index is -0.881. The van der Waals surface area contributed by atoms with Crippen LogP contribution in [0.2, 0.25) is 0 Å². The third-order valence-electron chi connectivity index (χ3n) is 6.50. The Morgan fingerprint density at radius 1 is 1.39 bits per heavy atom. The highest BCUT2D eigenvalue weighted by Crippen LogP contribution is 2.46. The molecule has 2 N–H and O–H groups in total. The van der Waals surface area contributed by atoms with E-state index in [1.165, 1.54) is 30.0 Å². The fraction of sp³-hybridized carbons (Fsp3) is 0.500. The van der Waals surface area contributed by atoms with Gasteiger partial charge in [0.05, 0.1) is 32.1 Å². The molecule has 28 heavy (non-hydrogen) atoms. The van der Waals surface area contributed by atoms with E-state index < -0.39 is 5.97 Å². The summed E-state index contributed by atoms with van der Waals surface area (Å²) in [5, 5.41) is 10.9. The summed E-state index contributed by atoms with van der Waals surface area (Å²) in [6, 6.07) is 6.28. The van der Waals surface area contributed by atoms with Crippen molar-refractivity contribution in [3.63, 3.8) is 0 Å². The van der Waals surface area contributed by atoms with Crippen LogP contribution in [0.4, 0.5) is 0 Å². The van der Waals surface area contributed by atoms with Gasteiger partial charge in [-0.2, -0.15) is 0 Å². The van der Waals surface area contributed by atoms with Gasteiger partial charge >= 0.3 is 5.97 Å². The van der Waals surface area contributed by atoms with E-state index in [1.54, 1.807) is 7.11 Å². The number of H-pyrrole nitrogens is 1. The van der Waals surface area contributed by atoms with Crippen LogP contribution in [0.3, 0.4) is 0 Å². The van der Waals surface area contributed by atoms with Crippen molar-refractivity contribution in [1.29, 1.82) is 0 Å². The normalized spacial score (nSPS) is 25.2. The van der Waals surface area contributed by atoms with Gasteiger partial charge in [0.15, 0.2) is 0 Å². The van der Waals surface area contributed by atoms with Crippen LogP contribution in [-0.2, 0) is 16.0 Å². The lowest BCUT2D eigenvalue weighted by Gasteiger charge is -2.46. The zero-order chi connectivity index (χ0) is 19.8. The number of rotatable bonds is 5. The van der Waals surface area contributed by atoms with Crippen LogP contribution in [0.5, 0.6) is 5.75 Å². The summed E-state index contributed by atoms with van der Waals surface area (Å²) in [7, 11) is 3.22. The zero-order valence-electron chi connectivity index (χ0n) is 16.7. The van der Waals surface area contributed by atoms with Gasteiger partial charge in [-0.05, 0) is 42.4 Å². The highest BCUT2D eigenvalue weighted by molar-refractivity contribution is 5.91. The van der Waals surface area contributed by atoms with Crippen molar-refractivity contribution >= 4 is 16.9 Å². The molecule has 3 atom stereocenters. The number of hydrogen-bond acceptors (Lipinski definition) is 4. The van der Waals surface area contributed by atoms with E-state index in [4.69, 9.17) is 9.47 Å². The molecule has 6 heteroatoms. The van der Waals surface area contributed by atoms with Gasteiger partial charge < -0.3 is 19.6 Å². The Labute approximate surface area is 165 Å². The van der Waals surface area contributed by atoms with E-state index in [-0.39, 0.29) is 12.0 Å². The molecule has 6 nitrogen and oxygen atoms in total. The Morgan fingerprint density at radius 3 is 2.89 bits per heavy atom. The number of carboxylic acids is 1. The number of aliphatic carboxylic acids is 1. The van der Waals surface area contributed by atoms with Crippen molar-refractivity contribution in [2.24, 2.45) is 11.8 Å². The van der Waals surface area contributed by atoms with Gasteiger partial charge in [-0.3, -0.25) is 4.90 Å². The second-order valence-corrected chi connectivity index (χ2v) is 7.79. The summed E-state index contributed by atoms with van der Waals surface area (Å²) in [6.07, 6.45) is 4.13. The van der Waals surface area contributed by atoms with E-state index in [9.17, 15) is 9.90 Å². The molecule has 4 rings (SSSR count). The number of piperidine rings is 1. The summed E-state index contributed by atoms with van der Waals surface area (Å²) < 4.78 is 10.7. The van der Waals surface area contributed by atoms with Crippen LogP contribution >= 0.6 is 0 Å². The van der Waals surface area contributed by atoms with Crippen molar-refractivity contribution in [3.05, 3.63) is 41.3 Å². The average Bonchev–Trinajstić information content (AvgIpc) is 3.10. The standard InChI is InChI=1S/C22H28N2O4/c1-4-13-11-24-9-8-14-20-17(6-5-7-19(20)28-3)23-21(14)18(24)10-15(13)16(12-27-2)22(25)26/h5-7,12-13,15,18,23H,4,8-11H2,1-3H3,(H,25,26)/b16-12+/t13-,15+,18+/m1/s1. The minimum absolute atomic E-state index is 0.0250. The maximum Gasteiger partial charge on any atom is 0.334 e. The topological polar surface area (TPSA) is 74.8 Å². The molecular formula is C22H28N2O4. The second kappa shape index (κ2) is 7.51. The van der Waals surface area contributed by atoms with Crippen LogP contribution in [0.1, 0.15) is 37.1 Å². The number of methoxy groups -OCH3 is 2. The summed E-state index contributed by atoms with van der Waals surface area (Å²) >= 11 is 0. The van der Waals surface area contributed by atoms with Gasteiger partial charge in [0.25, 0.3) is 0 Å². The van der Waals surface area contributed by atoms with Gasteiger partial charge in [0.2, 0.25) is 0 Å². The van der Waals surface area contributed by atoms with Crippen molar-refractivity contribution in [2.45, 2.75) is 32.2 Å². The number of carboxylic acid groups (broad SMARTS) is 1. The molecule has 150 valence electrons. The number of aromatic nitrogens is 1. The number of ether oxygens (including phenoxy) is 2. The zero-order valence-corrected chi connectivity index (χ0v) is 16.7. The van der Waals surface area contributed by atoms with E-state index in [2.05, 4.69) is 22.9 Å². The van der Waals surface area contributed by atoms with Gasteiger partial charge in [0, 0.05) is 29.7 Å². The molecule has 0 amide bonds. The summed E-state index contributed by atoms with van der Waals surface area (Å²) in [4.78, 5) is 18.0. The Kier molecular flexibility index (Phi) is 5.06. The van der Waals surface area contributed by atoms with Gasteiger partial charge in [-0.15, -0.1) is 0 Å². The van der Waals surface area contributed by atoms with Crippen molar-refractivity contribution < 1.29 is 19.4 Å².